The van der Waals surface area contributed by atoms with E-state index < -0.39 is 5.97 Å². The molecule has 4 fully saturated rings. The maximum Gasteiger partial charge on any atom is 0.354 e. The van der Waals surface area contributed by atoms with Gasteiger partial charge in [0.1, 0.15) is 17.2 Å². The third-order valence-corrected chi connectivity index (χ3v) is 9.01. The smallest absolute Gasteiger partial charge is 0.354 e. The Labute approximate surface area is 232 Å². The van der Waals surface area contributed by atoms with Crippen LogP contribution in [-0.2, 0) is 0 Å². The van der Waals surface area contributed by atoms with E-state index in [0.717, 1.165) is 59.6 Å². The summed E-state index contributed by atoms with van der Waals surface area (Å²) in [4.78, 5) is 18.4. The topological polar surface area (TPSA) is 88.7 Å². The molecule has 8 rings (SSSR count). The van der Waals surface area contributed by atoms with Gasteiger partial charge in [0, 0.05) is 47.3 Å². The molecule has 1 N–H and O–H groups in total. The molecule has 2 aromatic carbocycles. The van der Waals surface area contributed by atoms with Crippen molar-refractivity contribution >= 4 is 28.6 Å². The molecule has 2 aromatic heterocycles. The summed E-state index contributed by atoms with van der Waals surface area (Å²) in [6, 6.07) is 16.1. The van der Waals surface area contributed by atoms with Crippen LogP contribution in [0.25, 0.3) is 28.2 Å². The lowest BCUT2D eigenvalue weighted by atomic mass is 9.99. The van der Waals surface area contributed by atoms with Crippen molar-refractivity contribution in [2.75, 3.05) is 18.0 Å². The summed E-state index contributed by atoms with van der Waals surface area (Å²) in [5.74, 6) is 2.97. The Hall–Kier alpha value is -4.13. The van der Waals surface area contributed by atoms with E-state index in [1.165, 1.54) is 18.4 Å². The number of carboxylic acid groups (broad SMARTS) is 1. The number of pyridine rings is 1. The van der Waals surface area contributed by atoms with Gasteiger partial charge in [0.2, 0.25) is 0 Å². The molecule has 1 aliphatic heterocycles. The van der Waals surface area contributed by atoms with Crippen LogP contribution in [0.3, 0.4) is 0 Å². The minimum Gasteiger partial charge on any atom is -0.490 e. The van der Waals surface area contributed by atoms with E-state index in [9.17, 15) is 9.90 Å². The maximum atomic E-state index is 11.6. The Morgan fingerprint density at radius 1 is 1.07 bits per heavy atom. The molecule has 2 unspecified atom stereocenters. The van der Waals surface area contributed by atoms with Gasteiger partial charge in [0.15, 0.2) is 5.69 Å². The minimum absolute atomic E-state index is 0.0243. The van der Waals surface area contributed by atoms with Crippen molar-refractivity contribution in [2.45, 2.75) is 44.6 Å². The van der Waals surface area contributed by atoms with E-state index in [2.05, 4.69) is 70.5 Å². The third-order valence-electron chi connectivity index (χ3n) is 9.01. The van der Waals surface area contributed by atoms with Gasteiger partial charge in [-0.3, -0.25) is 0 Å². The van der Waals surface area contributed by atoms with Gasteiger partial charge in [-0.2, -0.15) is 0 Å². The molecule has 3 saturated carbocycles. The lowest BCUT2D eigenvalue weighted by Crippen LogP contribution is -2.23. The number of hydrogen-bond donors (Lipinski definition) is 1. The fraction of sp³-hybridized carbons (Fsp3) is 0.364. The second-order valence-electron chi connectivity index (χ2n) is 11.9. The largest absolute Gasteiger partial charge is 0.490 e. The molecule has 2 atom stereocenters. The van der Waals surface area contributed by atoms with Crippen LogP contribution >= 0.6 is 0 Å². The average molecular weight is 534 g/mol. The van der Waals surface area contributed by atoms with Crippen LogP contribution < -0.4 is 9.64 Å². The van der Waals surface area contributed by atoms with Crippen LogP contribution in [0.1, 0.15) is 59.0 Å². The van der Waals surface area contributed by atoms with Crippen molar-refractivity contribution in [3.05, 3.63) is 77.2 Å². The summed E-state index contributed by atoms with van der Waals surface area (Å²) in [6.07, 6.45) is 9.24. The molecule has 0 radical (unpaired) electrons. The molecule has 7 heteroatoms. The van der Waals surface area contributed by atoms with Gasteiger partial charge >= 0.3 is 5.97 Å². The first-order chi connectivity index (χ1) is 19.5. The molecule has 3 aliphatic carbocycles. The minimum atomic E-state index is -1.04. The fourth-order valence-corrected chi connectivity index (χ4v) is 6.37. The predicted octanol–water partition coefficient (Wildman–Crippen LogP) is 6.71. The molecule has 4 aromatic rings. The molecule has 7 nitrogen and oxygen atoms in total. The molecule has 4 aliphatic rings. The van der Waals surface area contributed by atoms with Crippen molar-refractivity contribution in [3.63, 3.8) is 0 Å². The van der Waals surface area contributed by atoms with Crippen molar-refractivity contribution in [1.82, 2.24) is 10.1 Å². The molecule has 0 spiro atoms. The van der Waals surface area contributed by atoms with Gasteiger partial charge in [0.25, 0.3) is 0 Å². The monoisotopic (exact) mass is 533 g/mol. The first kappa shape index (κ1) is 23.7. The summed E-state index contributed by atoms with van der Waals surface area (Å²) < 4.78 is 12.0. The van der Waals surface area contributed by atoms with Gasteiger partial charge < -0.3 is 19.3 Å². The quantitative estimate of drug-likeness (QED) is 0.269. The lowest BCUT2D eigenvalue weighted by molar-refractivity contribution is 0.0690. The summed E-state index contributed by atoms with van der Waals surface area (Å²) in [7, 11) is 0. The normalized spacial score (nSPS) is 23.6. The van der Waals surface area contributed by atoms with Gasteiger partial charge in [-0.25, -0.2) is 9.78 Å². The highest BCUT2D eigenvalue weighted by Gasteiger charge is 2.54. The highest BCUT2D eigenvalue weighted by atomic mass is 16.5. The van der Waals surface area contributed by atoms with E-state index in [0.29, 0.717) is 34.9 Å². The van der Waals surface area contributed by atoms with Gasteiger partial charge in [-0.05, 0) is 74.1 Å². The SMILES string of the molecule is Cc1ccccc1-c1noc(C2CC2)c1/C=C/C1C2CN(c3ccc4nc(C(=O)O)cc(OC5CC5)c4c3)CC12. The highest BCUT2D eigenvalue weighted by Crippen LogP contribution is 2.54. The Kier molecular flexibility index (Phi) is 5.31. The highest BCUT2D eigenvalue weighted by molar-refractivity contribution is 5.94. The maximum absolute atomic E-state index is 11.6. The Bertz CT molecular complexity index is 1670. The molecule has 202 valence electrons. The van der Waals surface area contributed by atoms with Crippen molar-refractivity contribution in [3.8, 4) is 17.0 Å². The number of nitrogens with zero attached hydrogens (tertiary/aromatic N) is 3. The van der Waals surface area contributed by atoms with Crippen LogP contribution in [0.15, 0.2) is 59.1 Å². The van der Waals surface area contributed by atoms with E-state index in [4.69, 9.17) is 9.26 Å². The number of benzene rings is 2. The number of aromatic carboxylic acids is 1. The van der Waals surface area contributed by atoms with E-state index in [1.54, 1.807) is 6.07 Å². The number of carbonyl (C=O) groups is 1. The van der Waals surface area contributed by atoms with Crippen molar-refractivity contribution in [1.29, 1.82) is 0 Å². The fourth-order valence-electron chi connectivity index (χ4n) is 6.37. The zero-order valence-corrected chi connectivity index (χ0v) is 22.4. The molecule has 40 heavy (non-hydrogen) atoms. The van der Waals surface area contributed by atoms with E-state index in [1.807, 2.05) is 6.07 Å². The molecule has 0 bridgehead atoms. The number of carboxylic acids is 1. The first-order valence-corrected chi connectivity index (χ1v) is 14.4. The number of anilines is 1. The van der Waals surface area contributed by atoms with Crippen molar-refractivity contribution < 1.29 is 19.2 Å². The third kappa shape index (κ3) is 4.15. The lowest BCUT2D eigenvalue weighted by Gasteiger charge is -2.22. The van der Waals surface area contributed by atoms with Crippen LogP contribution in [-0.4, -0.2) is 40.4 Å². The molecule has 0 amide bonds. The van der Waals surface area contributed by atoms with Crippen LogP contribution in [0.2, 0.25) is 0 Å². The predicted molar refractivity (Wildman–Crippen MR) is 153 cm³/mol. The second kappa shape index (κ2) is 8.95. The Morgan fingerprint density at radius 2 is 1.88 bits per heavy atom. The summed E-state index contributed by atoms with van der Waals surface area (Å²) in [5, 5.41) is 14.9. The van der Waals surface area contributed by atoms with Crippen molar-refractivity contribution in [2.24, 2.45) is 17.8 Å². The number of aryl methyl sites for hydroxylation is 1. The number of fused-ring (bicyclic) bond motifs is 2. The standard InChI is InChI=1S/C33H31N3O4/c1-18-4-2-3-5-22(18)31-24(32(40-35-31)19-6-7-19)12-11-23-26-16-36(17-27(23)26)20-8-13-28-25(14-20)30(39-21-9-10-21)15-29(34-28)33(37)38/h2-5,8,11-15,19,21,23,26-27H,6-7,9-10,16-17H2,1H3,(H,37,38)/b12-11+. The van der Waals surface area contributed by atoms with Crippen LogP contribution in [0, 0.1) is 24.7 Å². The second-order valence-corrected chi connectivity index (χ2v) is 11.9. The zero-order chi connectivity index (χ0) is 27.0. The molecule has 1 saturated heterocycles. The molecular formula is C33H31N3O4. The Balaban J connectivity index is 1.02. The number of hydrogen-bond acceptors (Lipinski definition) is 6. The summed E-state index contributed by atoms with van der Waals surface area (Å²) in [5.41, 5.74) is 6.30. The molecular weight excluding hydrogens is 502 g/mol. The van der Waals surface area contributed by atoms with E-state index >= 15 is 0 Å². The number of allylic oxidation sites excluding steroid dienone is 1. The number of rotatable bonds is 8. The Morgan fingerprint density at radius 3 is 2.60 bits per heavy atom. The number of piperidine rings is 1. The summed E-state index contributed by atoms with van der Waals surface area (Å²) >= 11 is 0. The number of ether oxygens (including phenoxy) is 1. The first-order valence-electron chi connectivity index (χ1n) is 14.4. The van der Waals surface area contributed by atoms with Crippen LogP contribution in [0.5, 0.6) is 5.75 Å². The zero-order valence-electron chi connectivity index (χ0n) is 22.4. The summed E-state index contributed by atoms with van der Waals surface area (Å²) in [6.45, 7) is 4.14. The molecule has 3 heterocycles. The van der Waals surface area contributed by atoms with Gasteiger partial charge in [-0.1, -0.05) is 41.6 Å². The van der Waals surface area contributed by atoms with Gasteiger partial charge in [-0.15, -0.1) is 0 Å². The van der Waals surface area contributed by atoms with Crippen LogP contribution in [0.4, 0.5) is 5.69 Å². The number of aromatic nitrogens is 2. The van der Waals surface area contributed by atoms with E-state index in [-0.39, 0.29) is 11.8 Å². The van der Waals surface area contributed by atoms with Gasteiger partial charge in [0.05, 0.1) is 11.6 Å². The average Bonchev–Trinajstić information content (AvgIpc) is 3.93.